The summed E-state index contributed by atoms with van der Waals surface area (Å²) in [5.74, 6) is 2.04. The van der Waals surface area contributed by atoms with Crippen molar-refractivity contribution in [3.05, 3.63) is 23.7 Å². The van der Waals surface area contributed by atoms with Crippen molar-refractivity contribution in [2.24, 2.45) is 5.41 Å². The zero-order valence-electron chi connectivity index (χ0n) is 12.5. The summed E-state index contributed by atoms with van der Waals surface area (Å²) in [4.78, 5) is 2.35. The second kappa shape index (κ2) is 6.95. The minimum atomic E-state index is 0.333. The van der Waals surface area contributed by atoms with Crippen LogP contribution in [0.15, 0.2) is 16.5 Å². The lowest BCUT2D eigenvalue weighted by Gasteiger charge is -2.33. The Balaban J connectivity index is 2.52. The molecule has 1 unspecified atom stereocenters. The van der Waals surface area contributed by atoms with Crippen LogP contribution in [0.5, 0.6) is 0 Å². The van der Waals surface area contributed by atoms with Crippen LogP contribution in [0.1, 0.15) is 38.2 Å². The van der Waals surface area contributed by atoms with E-state index in [4.69, 9.17) is 4.42 Å². The molecule has 0 spiro atoms. The van der Waals surface area contributed by atoms with Gasteiger partial charge in [0.25, 0.3) is 0 Å². The van der Waals surface area contributed by atoms with E-state index in [-0.39, 0.29) is 0 Å². The summed E-state index contributed by atoms with van der Waals surface area (Å²) < 4.78 is 5.63. The highest BCUT2D eigenvalue weighted by Gasteiger charge is 2.24. The van der Waals surface area contributed by atoms with Crippen molar-refractivity contribution in [2.75, 3.05) is 27.2 Å². The van der Waals surface area contributed by atoms with E-state index in [2.05, 4.69) is 37.2 Å². The SMILES string of the molecule is CCCC(C)(CNC)CN(C)Cc1ccc(C)o1. The van der Waals surface area contributed by atoms with Crippen molar-refractivity contribution in [2.45, 2.75) is 40.2 Å². The Bertz CT molecular complexity index is 340. The van der Waals surface area contributed by atoms with Crippen molar-refractivity contribution in [3.8, 4) is 0 Å². The second-order valence-electron chi connectivity index (χ2n) is 5.78. The molecule has 0 fully saturated rings. The average molecular weight is 252 g/mol. The first kappa shape index (κ1) is 15.3. The molecule has 1 aromatic rings. The summed E-state index contributed by atoms with van der Waals surface area (Å²) in [6.07, 6.45) is 2.47. The highest BCUT2D eigenvalue weighted by atomic mass is 16.3. The molecule has 18 heavy (non-hydrogen) atoms. The second-order valence-corrected chi connectivity index (χ2v) is 5.78. The molecule has 1 N–H and O–H groups in total. The van der Waals surface area contributed by atoms with E-state index in [0.29, 0.717) is 5.41 Å². The molecule has 0 aliphatic rings. The summed E-state index contributed by atoms with van der Waals surface area (Å²) in [6, 6.07) is 4.10. The summed E-state index contributed by atoms with van der Waals surface area (Å²) in [6.45, 7) is 9.63. The van der Waals surface area contributed by atoms with Gasteiger partial charge in [-0.25, -0.2) is 0 Å². The predicted octanol–water partition coefficient (Wildman–Crippen LogP) is 3.05. The van der Waals surface area contributed by atoms with Gasteiger partial charge < -0.3 is 9.73 Å². The van der Waals surface area contributed by atoms with Gasteiger partial charge in [-0.1, -0.05) is 20.3 Å². The van der Waals surface area contributed by atoms with Crippen molar-refractivity contribution in [1.82, 2.24) is 10.2 Å². The van der Waals surface area contributed by atoms with Crippen LogP contribution in [0.3, 0.4) is 0 Å². The van der Waals surface area contributed by atoms with Crippen molar-refractivity contribution in [3.63, 3.8) is 0 Å². The fourth-order valence-electron chi connectivity index (χ4n) is 2.80. The molecule has 0 aliphatic heterocycles. The van der Waals surface area contributed by atoms with Crippen molar-refractivity contribution < 1.29 is 4.42 Å². The van der Waals surface area contributed by atoms with E-state index >= 15 is 0 Å². The Kier molecular flexibility index (Phi) is 5.89. The Morgan fingerprint density at radius 2 is 2.11 bits per heavy atom. The van der Waals surface area contributed by atoms with E-state index in [1.54, 1.807) is 0 Å². The molecule has 104 valence electrons. The van der Waals surface area contributed by atoms with Crippen LogP contribution in [-0.2, 0) is 6.54 Å². The van der Waals surface area contributed by atoms with Gasteiger partial charge in [-0.2, -0.15) is 0 Å². The van der Waals surface area contributed by atoms with Crippen LogP contribution in [0.4, 0.5) is 0 Å². The maximum absolute atomic E-state index is 5.63. The molecule has 1 atom stereocenters. The van der Waals surface area contributed by atoms with Crippen molar-refractivity contribution >= 4 is 0 Å². The first-order valence-electron chi connectivity index (χ1n) is 6.87. The van der Waals surface area contributed by atoms with Gasteiger partial charge in [-0.15, -0.1) is 0 Å². The summed E-state index contributed by atoms with van der Waals surface area (Å²) in [7, 11) is 4.20. The molecular formula is C15H28N2O. The van der Waals surface area contributed by atoms with Crippen molar-refractivity contribution in [1.29, 1.82) is 0 Å². The van der Waals surface area contributed by atoms with Crippen LogP contribution in [0.2, 0.25) is 0 Å². The number of nitrogens with one attached hydrogen (secondary N) is 1. The van der Waals surface area contributed by atoms with E-state index in [9.17, 15) is 0 Å². The minimum absolute atomic E-state index is 0.333. The molecule has 3 nitrogen and oxygen atoms in total. The Morgan fingerprint density at radius 1 is 1.39 bits per heavy atom. The highest BCUT2D eigenvalue weighted by Crippen LogP contribution is 2.24. The predicted molar refractivity (Wildman–Crippen MR) is 76.7 cm³/mol. The monoisotopic (exact) mass is 252 g/mol. The largest absolute Gasteiger partial charge is 0.465 e. The Morgan fingerprint density at radius 3 is 2.61 bits per heavy atom. The molecular weight excluding hydrogens is 224 g/mol. The normalized spacial score (nSPS) is 15.0. The van der Waals surface area contributed by atoms with E-state index in [1.807, 2.05) is 20.0 Å². The number of hydrogen-bond donors (Lipinski definition) is 1. The summed E-state index contributed by atoms with van der Waals surface area (Å²) in [5, 5.41) is 3.32. The van der Waals surface area contributed by atoms with Gasteiger partial charge >= 0.3 is 0 Å². The molecule has 1 rings (SSSR count). The molecule has 0 aromatic carbocycles. The maximum Gasteiger partial charge on any atom is 0.118 e. The fourth-order valence-corrected chi connectivity index (χ4v) is 2.80. The number of nitrogens with zero attached hydrogens (tertiary/aromatic N) is 1. The van der Waals surface area contributed by atoms with Crippen LogP contribution in [0.25, 0.3) is 0 Å². The van der Waals surface area contributed by atoms with Gasteiger partial charge in [0.1, 0.15) is 11.5 Å². The van der Waals surface area contributed by atoms with Gasteiger partial charge in [0.05, 0.1) is 6.54 Å². The average Bonchev–Trinajstić information content (AvgIpc) is 2.63. The van der Waals surface area contributed by atoms with Crippen LogP contribution >= 0.6 is 0 Å². The third-order valence-electron chi connectivity index (χ3n) is 3.33. The standard InChI is InChI=1S/C15H28N2O/c1-6-9-15(3,11-16-4)12-17(5)10-14-8-7-13(2)18-14/h7-8,16H,6,9-12H2,1-5H3. The van der Waals surface area contributed by atoms with Gasteiger partial charge in [-0.3, -0.25) is 4.90 Å². The first-order chi connectivity index (χ1) is 8.49. The zero-order chi connectivity index (χ0) is 13.6. The maximum atomic E-state index is 5.63. The fraction of sp³-hybridized carbons (Fsp3) is 0.733. The Labute approximate surface area is 112 Å². The molecule has 1 heterocycles. The number of furan rings is 1. The van der Waals surface area contributed by atoms with Gasteiger partial charge in [-0.05, 0) is 45.0 Å². The molecule has 0 aliphatic carbocycles. The van der Waals surface area contributed by atoms with E-state index < -0.39 is 0 Å². The lowest BCUT2D eigenvalue weighted by atomic mass is 9.85. The Hall–Kier alpha value is -0.800. The lowest BCUT2D eigenvalue weighted by molar-refractivity contribution is 0.163. The molecule has 3 heteroatoms. The van der Waals surface area contributed by atoms with Crippen LogP contribution in [-0.4, -0.2) is 32.1 Å². The smallest absolute Gasteiger partial charge is 0.118 e. The third kappa shape index (κ3) is 4.83. The topological polar surface area (TPSA) is 28.4 Å². The lowest BCUT2D eigenvalue weighted by Crippen LogP contribution is -2.39. The quantitative estimate of drug-likeness (QED) is 0.771. The summed E-state index contributed by atoms with van der Waals surface area (Å²) in [5.41, 5.74) is 0.333. The molecule has 0 saturated carbocycles. The van der Waals surface area contributed by atoms with Gasteiger partial charge in [0.15, 0.2) is 0 Å². The van der Waals surface area contributed by atoms with E-state index in [1.165, 1.54) is 12.8 Å². The molecule has 0 saturated heterocycles. The third-order valence-corrected chi connectivity index (χ3v) is 3.33. The molecule has 0 radical (unpaired) electrons. The number of aryl methyl sites for hydroxylation is 1. The van der Waals surface area contributed by atoms with E-state index in [0.717, 1.165) is 31.2 Å². The van der Waals surface area contributed by atoms with Gasteiger partial charge in [0.2, 0.25) is 0 Å². The van der Waals surface area contributed by atoms with Crippen LogP contribution in [0, 0.1) is 12.3 Å². The molecule has 1 aromatic heterocycles. The highest BCUT2D eigenvalue weighted by molar-refractivity contribution is 5.05. The number of rotatable bonds is 8. The summed E-state index contributed by atoms with van der Waals surface area (Å²) >= 11 is 0. The zero-order valence-corrected chi connectivity index (χ0v) is 12.5. The minimum Gasteiger partial charge on any atom is -0.465 e. The van der Waals surface area contributed by atoms with Crippen LogP contribution < -0.4 is 5.32 Å². The van der Waals surface area contributed by atoms with Gasteiger partial charge in [0, 0.05) is 13.1 Å². The number of hydrogen-bond acceptors (Lipinski definition) is 3. The molecule has 0 amide bonds. The molecule has 0 bridgehead atoms. The first-order valence-corrected chi connectivity index (χ1v) is 6.87.